The molecule has 0 aliphatic heterocycles. The minimum absolute atomic E-state index is 0.133. The number of aromatic nitrogens is 1. The van der Waals surface area contributed by atoms with Gasteiger partial charge in [0.1, 0.15) is 5.75 Å². The van der Waals surface area contributed by atoms with Crippen LogP contribution < -0.4 is 5.32 Å². The van der Waals surface area contributed by atoms with E-state index in [0.717, 1.165) is 48.2 Å². The number of phenols is 1. The van der Waals surface area contributed by atoms with Crippen LogP contribution in [0.15, 0.2) is 35.9 Å². The molecule has 1 aromatic carbocycles. The molecule has 4 aliphatic carbocycles. The lowest BCUT2D eigenvalue weighted by Gasteiger charge is -2.57. The Labute approximate surface area is 194 Å². The summed E-state index contributed by atoms with van der Waals surface area (Å²) >= 11 is 1.82. The fraction of sp³-hybridized carbons (Fsp3) is 0.593. The summed E-state index contributed by atoms with van der Waals surface area (Å²) in [6.45, 7) is 5.56. The van der Waals surface area contributed by atoms with E-state index in [2.05, 4.69) is 25.2 Å². The Kier molecular flexibility index (Phi) is 4.75. The average Bonchev–Trinajstić information content (AvgIpc) is 3.30. The second-order valence-electron chi connectivity index (χ2n) is 11.1. The van der Waals surface area contributed by atoms with E-state index in [0.29, 0.717) is 18.2 Å². The largest absolute Gasteiger partial charge is 0.508 e. The van der Waals surface area contributed by atoms with Crippen LogP contribution in [0.1, 0.15) is 68.5 Å². The zero-order valence-electron chi connectivity index (χ0n) is 19.1. The summed E-state index contributed by atoms with van der Waals surface area (Å²) < 4.78 is 0. The maximum atomic E-state index is 10.2. The number of nitrogens with one attached hydrogen (secondary N) is 1. The molecule has 6 unspecified atom stereocenters. The summed E-state index contributed by atoms with van der Waals surface area (Å²) in [6, 6.07) is 7.51. The minimum Gasteiger partial charge on any atom is -0.508 e. The van der Waals surface area contributed by atoms with Gasteiger partial charge in [0.15, 0.2) is 5.13 Å². The number of benzene rings is 1. The smallest absolute Gasteiger partial charge is 0.183 e. The van der Waals surface area contributed by atoms with Gasteiger partial charge in [0.25, 0.3) is 0 Å². The third-order valence-electron chi connectivity index (χ3n) is 9.53. The van der Waals surface area contributed by atoms with Crippen molar-refractivity contribution in [3.05, 3.63) is 52.0 Å². The number of aliphatic hydroxyl groups excluding tert-OH is 1. The molecule has 32 heavy (non-hydrogen) atoms. The molecule has 2 aromatic rings. The van der Waals surface area contributed by atoms with Crippen molar-refractivity contribution in [1.29, 1.82) is 0 Å². The fourth-order valence-corrected chi connectivity index (χ4v) is 8.83. The molecule has 2 fully saturated rings. The van der Waals surface area contributed by atoms with Gasteiger partial charge in [-0.25, -0.2) is 4.98 Å². The highest BCUT2D eigenvalue weighted by molar-refractivity contribution is 7.15. The van der Waals surface area contributed by atoms with Crippen LogP contribution in [0.4, 0.5) is 5.13 Å². The van der Waals surface area contributed by atoms with E-state index >= 15 is 0 Å². The van der Waals surface area contributed by atoms with Gasteiger partial charge in [0.2, 0.25) is 0 Å². The number of allylic oxidation sites excluding steroid dienone is 1. The number of hydrogen-bond donors (Lipinski definition) is 3. The standard InChI is InChI=1S/C27H34N2O2S/c1-26-11-9-18(30)13-17(26)7-8-19-20(26)10-12-27(2)21(19)14-23-24(27)29-25(32-23)28-15-16-5-3-4-6-22(16)31/h3-7,18-21,30-31H,8-15H2,1-2H3,(H,28,29). The Bertz CT molecular complexity index is 1080. The summed E-state index contributed by atoms with van der Waals surface area (Å²) in [7, 11) is 0. The molecule has 0 amide bonds. The number of aliphatic hydroxyl groups is 1. The van der Waals surface area contributed by atoms with E-state index in [1.807, 2.05) is 29.5 Å². The van der Waals surface area contributed by atoms with Crippen LogP contribution in [-0.2, 0) is 18.4 Å². The van der Waals surface area contributed by atoms with Crippen molar-refractivity contribution < 1.29 is 10.2 Å². The molecule has 0 spiro atoms. The number of phenolic OH excluding ortho intramolecular Hbond substituents is 1. The van der Waals surface area contributed by atoms with Gasteiger partial charge >= 0.3 is 0 Å². The molecule has 4 nitrogen and oxygen atoms in total. The average molecular weight is 451 g/mol. The molecule has 1 aromatic heterocycles. The molecule has 6 rings (SSSR count). The molecule has 5 heteroatoms. The van der Waals surface area contributed by atoms with Gasteiger partial charge in [-0.15, -0.1) is 11.3 Å². The van der Waals surface area contributed by atoms with Crippen molar-refractivity contribution in [2.24, 2.45) is 23.2 Å². The first kappa shape index (κ1) is 20.7. The highest BCUT2D eigenvalue weighted by Gasteiger charge is 2.58. The summed E-state index contributed by atoms with van der Waals surface area (Å²) in [4.78, 5) is 6.58. The predicted molar refractivity (Wildman–Crippen MR) is 129 cm³/mol. The second-order valence-corrected chi connectivity index (χ2v) is 12.2. The summed E-state index contributed by atoms with van der Waals surface area (Å²) in [5, 5.41) is 24.7. The second kappa shape index (κ2) is 7.33. The fourth-order valence-electron chi connectivity index (χ4n) is 7.68. The Morgan fingerprint density at radius 1 is 1.09 bits per heavy atom. The van der Waals surface area contributed by atoms with E-state index in [-0.39, 0.29) is 16.9 Å². The Morgan fingerprint density at radius 2 is 1.91 bits per heavy atom. The van der Waals surface area contributed by atoms with E-state index in [9.17, 15) is 10.2 Å². The zero-order chi connectivity index (χ0) is 22.1. The highest BCUT2D eigenvalue weighted by Crippen LogP contribution is 2.64. The molecule has 0 radical (unpaired) electrons. The van der Waals surface area contributed by atoms with Crippen LogP contribution in [0.25, 0.3) is 0 Å². The third kappa shape index (κ3) is 3.00. The van der Waals surface area contributed by atoms with Gasteiger partial charge in [0.05, 0.1) is 11.8 Å². The van der Waals surface area contributed by atoms with Crippen molar-refractivity contribution in [2.75, 3.05) is 5.32 Å². The molecule has 3 N–H and O–H groups in total. The number of para-hydroxylation sites is 1. The molecule has 0 saturated heterocycles. The van der Waals surface area contributed by atoms with Gasteiger partial charge in [-0.1, -0.05) is 43.7 Å². The van der Waals surface area contributed by atoms with Crippen molar-refractivity contribution in [2.45, 2.75) is 76.9 Å². The van der Waals surface area contributed by atoms with Gasteiger partial charge in [-0.3, -0.25) is 0 Å². The van der Waals surface area contributed by atoms with Crippen molar-refractivity contribution in [3.63, 3.8) is 0 Å². The maximum absolute atomic E-state index is 10.2. The first-order chi connectivity index (χ1) is 15.4. The predicted octanol–water partition coefficient (Wildman–Crippen LogP) is 5.80. The topological polar surface area (TPSA) is 65.4 Å². The Hall–Kier alpha value is -1.85. The maximum Gasteiger partial charge on any atom is 0.183 e. The van der Waals surface area contributed by atoms with Crippen LogP contribution in [-0.4, -0.2) is 21.3 Å². The molecule has 0 bridgehead atoms. The Balaban J connectivity index is 1.23. The first-order valence-electron chi connectivity index (χ1n) is 12.3. The number of aromatic hydroxyl groups is 1. The molecule has 1 heterocycles. The molecule has 6 atom stereocenters. The summed E-state index contributed by atoms with van der Waals surface area (Å²) in [5.41, 5.74) is 4.25. The first-order valence-corrected chi connectivity index (χ1v) is 13.1. The lowest BCUT2D eigenvalue weighted by atomic mass is 9.48. The molecular formula is C27H34N2O2S. The lowest BCUT2D eigenvalue weighted by molar-refractivity contribution is -0.0169. The molecule has 4 aliphatic rings. The van der Waals surface area contributed by atoms with Crippen molar-refractivity contribution in [3.8, 4) is 5.75 Å². The number of rotatable bonds is 3. The molecular weight excluding hydrogens is 416 g/mol. The van der Waals surface area contributed by atoms with Crippen LogP contribution in [0.3, 0.4) is 0 Å². The van der Waals surface area contributed by atoms with E-state index < -0.39 is 0 Å². The summed E-state index contributed by atoms with van der Waals surface area (Å²) in [6.07, 6.45) is 10.2. The SMILES string of the molecule is CC12CCC(O)CC1=CCC1C2CCC2(C)c3nc(NCc4ccccc4O)sc3CC12. The van der Waals surface area contributed by atoms with Gasteiger partial charge in [-0.2, -0.15) is 0 Å². The van der Waals surface area contributed by atoms with E-state index in [1.165, 1.54) is 29.8 Å². The number of hydrogen-bond acceptors (Lipinski definition) is 5. The minimum atomic E-state index is -0.133. The monoisotopic (exact) mass is 450 g/mol. The zero-order valence-corrected chi connectivity index (χ0v) is 19.9. The van der Waals surface area contributed by atoms with Crippen molar-refractivity contribution in [1.82, 2.24) is 4.98 Å². The highest BCUT2D eigenvalue weighted by atomic mass is 32.1. The van der Waals surface area contributed by atoms with Gasteiger partial charge in [0, 0.05) is 22.4 Å². The van der Waals surface area contributed by atoms with Gasteiger partial charge in [-0.05, 0) is 74.2 Å². The quantitative estimate of drug-likeness (QED) is 0.517. The lowest BCUT2D eigenvalue weighted by Crippen LogP contribution is -2.51. The van der Waals surface area contributed by atoms with Crippen LogP contribution in [0.2, 0.25) is 0 Å². The van der Waals surface area contributed by atoms with Crippen molar-refractivity contribution >= 4 is 16.5 Å². The third-order valence-corrected chi connectivity index (χ3v) is 10.6. The number of thiazole rings is 1. The number of anilines is 1. The molecule has 2 saturated carbocycles. The van der Waals surface area contributed by atoms with Crippen LogP contribution >= 0.6 is 11.3 Å². The molecule has 170 valence electrons. The summed E-state index contributed by atoms with van der Waals surface area (Å²) in [5.74, 6) is 2.50. The van der Waals surface area contributed by atoms with Crippen LogP contribution in [0, 0.1) is 23.2 Å². The van der Waals surface area contributed by atoms with E-state index in [4.69, 9.17) is 4.98 Å². The van der Waals surface area contributed by atoms with Crippen LogP contribution in [0.5, 0.6) is 5.75 Å². The van der Waals surface area contributed by atoms with Gasteiger partial charge < -0.3 is 15.5 Å². The number of fused-ring (bicyclic) bond motifs is 7. The van der Waals surface area contributed by atoms with E-state index in [1.54, 1.807) is 11.6 Å². The Morgan fingerprint density at radius 3 is 2.75 bits per heavy atom. The normalized spacial score (nSPS) is 37.7. The number of nitrogens with zero attached hydrogens (tertiary/aromatic N) is 1.